The molecule has 0 saturated carbocycles. The number of rotatable bonds is 2. The molecule has 2 aromatic carbocycles. The van der Waals surface area contributed by atoms with Crippen molar-refractivity contribution in [2.45, 2.75) is 30.1 Å². The van der Waals surface area contributed by atoms with Gasteiger partial charge in [-0.15, -0.1) is 0 Å². The van der Waals surface area contributed by atoms with E-state index < -0.39 is 27.7 Å². The second-order valence-electron chi connectivity index (χ2n) is 5.66. The zero-order chi connectivity index (χ0) is 17.5. The number of hydrogen-bond acceptors (Lipinski definition) is 3. The van der Waals surface area contributed by atoms with E-state index in [1.165, 1.54) is 0 Å². The molecule has 3 atom stereocenters. The van der Waals surface area contributed by atoms with Gasteiger partial charge >= 0.3 is 6.18 Å². The third-order valence-corrected chi connectivity index (χ3v) is 5.41. The Morgan fingerprint density at radius 2 is 1.75 bits per heavy atom. The van der Waals surface area contributed by atoms with E-state index in [9.17, 15) is 17.4 Å². The molecule has 0 fully saturated rings. The first-order chi connectivity index (χ1) is 11.2. The molecule has 0 bridgehead atoms. The summed E-state index contributed by atoms with van der Waals surface area (Å²) in [4.78, 5) is 0.0760. The SMILES string of the molecule is CC1Nc2ccccc2C1N=[S@](N)(=O)c1ccc(C(F)(F)F)cc1. The highest BCUT2D eigenvalue weighted by Crippen LogP contribution is 2.37. The smallest absolute Gasteiger partial charge is 0.380 e. The van der Waals surface area contributed by atoms with Gasteiger partial charge < -0.3 is 5.32 Å². The topological polar surface area (TPSA) is 67.5 Å². The van der Waals surface area contributed by atoms with E-state index in [1.807, 2.05) is 31.2 Å². The summed E-state index contributed by atoms with van der Waals surface area (Å²) < 4.78 is 54.9. The van der Waals surface area contributed by atoms with Crippen LogP contribution in [0.25, 0.3) is 0 Å². The van der Waals surface area contributed by atoms with Crippen molar-refractivity contribution in [1.82, 2.24) is 0 Å². The number of alkyl halides is 3. The summed E-state index contributed by atoms with van der Waals surface area (Å²) in [5, 5.41) is 9.08. The lowest BCUT2D eigenvalue weighted by Gasteiger charge is -2.14. The Morgan fingerprint density at radius 1 is 1.12 bits per heavy atom. The molecular formula is C16H16F3N3OS. The van der Waals surface area contributed by atoms with Crippen LogP contribution in [-0.2, 0) is 16.1 Å². The first-order valence-electron chi connectivity index (χ1n) is 7.25. The summed E-state index contributed by atoms with van der Waals surface area (Å²) in [6, 6.07) is 10.9. The lowest BCUT2D eigenvalue weighted by atomic mass is 10.1. The van der Waals surface area contributed by atoms with Gasteiger partial charge in [-0.25, -0.2) is 13.7 Å². The lowest BCUT2D eigenvalue weighted by molar-refractivity contribution is -0.137. The van der Waals surface area contributed by atoms with Crippen LogP contribution in [0.4, 0.5) is 18.9 Å². The van der Waals surface area contributed by atoms with Crippen LogP contribution in [0.2, 0.25) is 0 Å². The van der Waals surface area contributed by atoms with Crippen molar-refractivity contribution in [1.29, 1.82) is 0 Å². The van der Waals surface area contributed by atoms with E-state index in [-0.39, 0.29) is 10.9 Å². The Kier molecular flexibility index (Phi) is 4.05. The van der Waals surface area contributed by atoms with Crippen LogP contribution >= 0.6 is 0 Å². The van der Waals surface area contributed by atoms with Gasteiger partial charge in [-0.2, -0.15) is 13.2 Å². The molecule has 1 aliphatic heterocycles. The fourth-order valence-electron chi connectivity index (χ4n) is 2.70. The zero-order valence-corrected chi connectivity index (χ0v) is 13.6. The average molecular weight is 355 g/mol. The van der Waals surface area contributed by atoms with Crippen molar-refractivity contribution in [2.24, 2.45) is 9.50 Å². The maximum Gasteiger partial charge on any atom is 0.416 e. The van der Waals surface area contributed by atoms with Gasteiger partial charge in [-0.3, -0.25) is 0 Å². The number of nitrogens with one attached hydrogen (secondary N) is 1. The van der Waals surface area contributed by atoms with Crippen LogP contribution in [0.5, 0.6) is 0 Å². The van der Waals surface area contributed by atoms with Gasteiger partial charge in [-0.1, -0.05) is 18.2 Å². The molecule has 2 aromatic rings. The quantitative estimate of drug-likeness (QED) is 0.856. The Morgan fingerprint density at radius 3 is 2.38 bits per heavy atom. The molecule has 1 aliphatic rings. The molecule has 8 heteroatoms. The maximum absolute atomic E-state index is 12.8. The molecule has 2 unspecified atom stereocenters. The number of fused-ring (bicyclic) bond motifs is 1. The molecule has 0 spiro atoms. The number of para-hydroxylation sites is 1. The third-order valence-electron chi connectivity index (χ3n) is 3.93. The molecule has 0 aromatic heterocycles. The van der Waals surface area contributed by atoms with Crippen molar-refractivity contribution in [3.63, 3.8) is 0 Å². The van der Waals surface area contributed by atoms with Crippen molar-refractivity contribution in [3.05, 3.63) is 59.7 Å². The standard InChI is InChI=1S/C16H16F3N3OS/c1-10-15(13-4-2-3-5-14(13)21-10)22-24(20,23)12-8-6-11(7-9-12)16(17,18)19/h2-10,15,21H,1H3,(H2,20,22,23)/t10?,15?,24-/m0/s1. The molecule has 128 valence electrons. The minimum absolute atomic E-state index is 0.0760. The van der Waals surface area contributed by atoms with Gasteiger partial charge in [0.05, 0.1) is 16.5 Å². The first kappa shape index (κ1) is 16.8. The lowest BCUT2D eigenvalue weighted by Crippen LogP contribution is -2.20. The van der Waals surface area contributed by atoms with E-state index in [4.69, 9.17) is 5.14 Å². The predicted octanol–water partition coefficient (Wildman–Crippen LogP) is 3.96. The molecule has 4 nitrogen and oxygen atoms in total. The van der Waals surface area contributed by atoms with E-state index in [2.05, 4.69) is 9.68 Å². The fraction of sp³-hybridized carbons (Fsp3) is 0.250. The highest BCUT2D eigenvalue weighted by Gasteiger charge is 2.31. The van der Waals surface area contributed by atoms with Crippen molar-refractivity contribution < 1.29 is 17.4 Å². The zero-order valence-electron chi connectivity index (χ0n) is 12.7. The largest absolute Gasteiger partial charge is 0.416 e. The fourth-order valence-corrected chi connectivity index (χ4v) is 3.98. The first-order valence-corrected chi connectivity index (χ1v) is 8.83. The normalized spacial score (nSPS) is 22.4. The highest BCUT2D eigenvalue weighted by molar-refractivity contribution is 7.91. The summed E-state index contributed by atoms with van der Waals surface area (Å²) in [5.74, 6) is 0. The molecule has 3 rings (SSSR count). The molecule has 0 amide bonds. The van der Waals surface area contributed by atoms with E-state index in [0.29, 0.717) is 0 Å². The van der Waals surface area contributed by atoms with Crippen LogP contribution < -0.4 is 10.5 Å². The van der Waals surface area contributed by atoms with Crippen LogP contribution in [-0.4, -0.2) is 10.3 Å². The van der Waals surface area contributed by atoms with Crippen molar-refractivity contribution >= 4 is 15.6 Å². The Bertz CT molecular complexity index is 871. The minimum Gasteiger partial charge on any atom is -0.380 e. The van der Waals surface area contributed by atoms with E-state index in [1.54, 1.807) is 0 Å². The number of nitrogens with zero attached hydrogens (tertiary/aromatic N) is 1. The van der Waals surface area contributed by atoms with Gasteiger partial charge in [0.15, 0.2) is 0 Å². The number of benzene rings is 2. The number of anilines is 1. The Labute approximate surface area is 138 Å². The molecular weight excluding hydrogens is 339 g/mol. The third kappa shape index (κ3) is 3.11. The van der Waals surface area contributed by atoms with E-state index >= 15 is 0 Å². The van der Waals surface area contributed by atoms with Gasteiger partial charge in [0.1, 0.15) is 16.0 Å². The highest BCUT2D eigenvalue weighted by atomic mass is 32.2. The molecule has 0 saturated heterocycles. The summed E-state index contributed by atoms with van der Waals surface area (Å²) >= 11 is 0. The number of halogens is 3. The Balaban J connectivity index is 1.99. The minimum atomic E-state index is -4.45. The second kappa shape index (κ2) is 5.78. The monoisotopic (exact) mass is 355 g/mol. The number of nitrogens with two attached hydrogens (primary N) is 1. The molecule has 3 N–H and O–H groups in total. The van der Waals surface area contributed by atoms with Crippen LogP contribution in [0, 0.1) is 0 Å². The molecule has 24 heavy (non-hydrogen) atoms. The second-order valence-corrected chi connectivity index (χ2v) is 7.48. The summed E-state index contributed by atoms with van der Waals surface area (Å²) in [6.07, 6.45) is -4.45. The van der Waals surface area contributed by atoms with Crippen molar-refractivity contribution in [2.75, 3.05) is 5.32 Å². The summed E-state index contributed by atoms with van der Waals surface area (Å²) in [5.41, 5.74) is 0.944. The maximum atomic E-state index is 12.8. The summed E-state index contributed by atoms with van der Waals surface area (Å²) in [7, 11) is -3.31. The molecule has 0 radical (unpaired) electrons. The molecule has 1 heterocycles. The van der Waals surface area contributed by atoms with E-state index in [0.717, 1.165) is 35.5 Å². The Hall–Kier alpha value is -2.06. The predicted molar refractivity (Wildman–Crippen MR) is 86.7 cm³/mol. The summed E-state index contributed by atoms with van der Waals surface area (Å²) in [6.45, 7) is 1.89. The van der Waals surface area contributed by atoms with Crippen molar-refractivity contribution in [3.8, 4) is 0 Å². The average Bonchev–Trinajstić information content (AvgIpc) is 2.82. The van der Waals surface area contributed by atoms with Gasteiger partial charge in [-0.05, 0) is 37.3 Å². The number of hydrogen-bond donors (Lipinski definition) is 2. The van der Waals surface area contributed by atoms with Crippen LogP contribution in [0.3, 0.4) is 0 Å². The van der Waals surface area contributed by atoms with Gasteiger partial charge in [0.2, 0.25) is 0 Å². The van der Waals surface area contributed by atoms with Crippen LogP contribution in [0.15, 0.2) is 57.8 Å². The van der Waals surface area contributed by atoms with Gasteiger partial charge in [0, 0.05) is 11.3 Å². The van der Waals surface area contributed by atoms with Crippen LogP contribution in [0.1, 0.15) is 24.1 Å². The van der Waals surface area contributed by atoms with Gasteiger partial charge in [0.25, 0.3) is 0 Å². The molecule has 0 aliphatic carbocycles.